The lowest BCUT2D eigenvalue weighted by Gasteiger charge is -2.05. The van der Waals surface area contributed by atoms with E-state index in [1.54, 1.807) is 23.5 Å². The van der Waals surface area contributed by atoms with Crippen LogP contribution in [0.3, 0.4) is 0 Å². The molecule has 1 aromatic heterocycles. The normalized spacial score (nSPS) is 13.6. The Morgan fingerprint density at radius 3 is 2.89 bits per heavy atom. The van der Waals surface area contributed by atoms with Gasteiger partial charge in [0.15, 0.2) is 5.78 Å². The van der Waals surface area contributed by atoms with Crippen LogP contribution in [-0.2, 0) is 12.8 Å². The molecule has 1 aliphatic carbocycles. The van der Waals surface area contributed by atoms with E-state index in [0.717, 1.165) is 30.4 Å². The Morgan fingerprint density at radius 2 is 2.16 bits per heavy atom. The van der Waals surface area contributed by atoms with Crippen molar-refractivity contribution in [2.45, 2.75) is 26.2 Å². The fourth-order valence-corrected chi connectivity index (χ4v) is 3.88. The van der Waals surface area contributed by atoms with Crippen LogP contribution >= 0.6 is 22.9 Å². The largest absolute Gasteiger partial charge is 0.390 e. The second-order valence-electron chi connectivity index (χ2n) is 4.89. The lowest BCUT2D eigenvalue weighted by atomic mass is 9.99. The summed E-state index contributed by atoms with van der Waals surface area (Å²) >= 11 is 7.57. The van der Waals surface area contributed by atoms with Crippen molar-refractivity contribution in [3.8, 4) is 0 Å². The van der Waals surface area contributed by atoms with Crippen LogP contribution in [0.5, 0.6) is 0 Å². The zero-order valence-corrected chi connectivity index (χ0v) is 12.2. The number of hydrogen-bond donors (Lipinski definition) is 1. The van der Waals surface area contributed by atoms with E-state index >= 15 is 0 Å². The first-order valence-corrected chi connectivity index (χ1v) is 7.48. The zero-order chi connectivity index (χ0) is 13.6. The van der Waals surface area contributed by atoms with E-state index in [4.69, 9.17) is 17.3 Å². The predicted molar refractivity (Wildman–Crippen MR) is 80.4 cm³/mol. The van der Waals surface area contributed by atoms with E-state index in [0.29, 0.717) is 15.6 Å². The summed E-state index contributed by atoms with van der Waals surface area (Å²) in [5.41, 5.74) is 9.50. The molecule has 0 bridgehead atoms. The molecule has 0 atom stereocenters. The summed E-state index contributed by atoms with van der Waals surface area (Å²) in [5, 5.41) is 1.34. The first-order valence-electron chi connectivity index (χ1n) is 6.29. The first kappa shape index (κ1) is 12.7. The molecule has 0 fully saturated rings. The third-order valence-corrected chi connectivity index (χ3v) is 5.14. The molecular weight excluding hydrogens is 278 g/mol. The molecule has 2 N–H and O–H groups in total. The average molecular weight is 292 g/mol. The van der Waals surface area contributed by atoms with E-state index in [2.05, 4.69) is 0 Å². The number of fused-ring (bicyclic) bond motifs is 1. The van der Waals surface area contributed by atoms with Gasteiger partial charge < -0.3 is 5.73 Å². The van der Waals surface area contributed by atoms with Crippen LogP contribution in [0.1, 0.15) is 38.3 Å². The Hall–Kier alpha value is -1.32. The van der Waals surface area contributed by atoms with Crippen LogP contribution in [0.15, 0.2) is 18.2 Å². The van der Waals surface area contributed by atoms with E-state index < -0.39 is 0 Å². The monoisotopic (exact) mass is 291 g/mol. The Kier molecular flexibility index (Phi) is 3.11. The second kappa shape index (κ2) is 4.66. The summed E-state index contributed by atoms with van der Waals surface area (Å²) in [6, 6.07) is 5.38. The number of nitrogens with two attached hydrogens (primary N) is 1. The number of hydrogen-bond acceptors (Lipinski definition) is 3. The maximum Gasteiger partial charge on any atom is 0.196 e. The molecule has 0 amide bonds. The number of thiophene rings is 1. The topological polar surface area (TPSA) is 43.1 Å². The number of rotatable bonds is 2. The van der Waals surface area contributed by atoms with Gasteiger partial charge in [0.1, 0.15) is 0 Å². The minimum atomic E-state index is 0.0247. The van der Waals surface area contributed by atoms with Crippen molar-refractivity contribution in [3.05, 3.63) is 50.4 Å². The molecule has 3 rings (SSSR count). The third kappa shape index (κ3) is 2.07. The highest BCUT2D eigenvalue weighted by atomic mass is 35.5. The van der Waals surface area contributed by atoms with Crippen molar-refractivity contribution in [3.63, 3.8) is 0 Å². The van der Waals surface area contributed by atoms with Gasteiger partial charge in [0.2, 0.25) is 0 Å². The molecule has 4 heteroatoms. The van der Waals surface area contributed by atoms with Crippen molar-refractivity contribution in [2.75, 3.05) is 5.73 Å². The van der Waals surface area contributed by atoms with Crippen LogP contribution < -0.4 is 5.73 Å². The van der Waals surface area contributed by atoms with Crippen molar-refractivity contribution in [1.29, 1.82) is 0 Å². The Bertz CT molecular complexity index is 675. The van der Waals surface area contributed by atoms with Crippen molar-refractivity contribution in [2.24, 2.45) is 0 Å². The van der Waals surface area contributed by atoms with Crippen LogP contribution in [-0.4, -0.2) is 5.78 Å². The molecule has 2 nitrogen and oxygen atoms in total. The van der Waals surface area contributed by atoms with Gasteiger partial charge in [0.05, 0.1) is 10.6 Å². The first-order chi connectivity index (χ1) is 9.08. The lowest BCUT2D eigenvalue weighted by Crippen LogP contribution is -2.06. The van der Waals surface area contributed by atoms with E-state index in [9.17, 15) is 4.79 Å². The quantitative estimate of drug-likeness (QED) is 0.850. The van der Waals surface area contributed by atoms with Gasteiger partial charge in [-0.15, -0.1) is 11.3 Å². The number of anilines is 1. The fraction of sp³-hybridized carbons (Fsp3) is 0.267. The van der Waals surface area contributed by atoms with Gasteiger partial charge in [-0.3, -0.25) is 4.79 Å². The molecule has 0 unspecified atom stereocenters. The number of carbonyl (C=O) groups is 1. The van der Waals surface area contributed by atoms with Gasteiger partial charge in [-0.2, -0.15) is 0 Å². The molecule has 19 heavy (non-hydrogen) atoms. The Labute approximate surface area is 121 Å². The van der Waals surface area contributed by atoms with Crippen LogP contribution in [0.2, 0.25) is 5.02 Å². The standard InChI is InChI=1S/C15H14ClNOS/c1-8-7-9(5-6-11(8)16)14(18)13-10-3-2-4-12(10)19-15(13)17/h5-7H,2-4,17H2,1H3. The minimum absolute atomic E-state index is 0.0247. The Balaban J connectivity index is 2.07. The zero-order valence-electron chi connectivity index (χ0n) is 10.6. The third-order valence-electron chi connectivity index (χ3n) is 3.60. The van der Waals surface area contributed by atoms with E-state index in [-0.39, 0.29) is 5.78 Å². The second-order valence-corrected chi connectivity index (χ2v) is 6.43. The average Bonchev–Trinajstić information content (AvgIpc) is 2.91. The number of halogens is 1. The molecule has 0 spiro atoms. The fourth-order valence-electron chi connectivity index (χ4n) is 2.60. The summed E-state index contributed by atoms with van der Waals surface area (Å²) in [6.45, 7) is 1.90. The van der Waals surface area contributed by atoms with Gasteiger partial charge in [0.25, 0.3) is 0 Å². The SMILES string of the molecule is Cc1cc(C(=O)c2c(N)sc3c2CCC3)ccc1Cl. The lowest BCUT2D eigenvalue weighted by molar-refractivity contribution is 0.103. The predicted octanol–water partition coefficient (Wildman–Crippen LogP) is 4.01. The van der Waals surface area contributed by atoms with Gasteiger partial charge >= 0.3 is 0 Å². The highest BCUT2D eigenvalue weighted by molar-refractivity contribution is 7.16. The number of nitrogen functional groups attached to an aromatic ring is 1. The molecule has 0 saturated heterocycles. The number of ketones is 1. The van der Waals surface area contributed by atoms with Crippen molar-refractivity contribution < 1.29 is 4.79 Å². The molecule has 0 saturated carbocycles. The maximum absolute atomic E-state index is 12.6. The number of carbonyl (C=O) groups excluding carboxylic acids is 1. The van der Waals surface area contributed by atoms with Gasteiger partial charge in [-0.25, -0.2) is 0 Å². The maximum atomic E-state index is 12.6. The van der Waals surface area contributed by atoms with Gasteiger partial charge in [-0.05, 0) is 55.5 Å². The van der Waals surface area contributed by atoms with E-state index in [1.165, 1.54) is 10.4 Å². The molecule has 2 aromatic rings. The highest BCUT2D eigenvalue weighted by Crippen LogP contribution is 2.38. The molecule has 98 valence electrons. The molecule has 0 aliphatic heterocycles. The van der Waals surface area contributed by atoms with Crippen LogP contribution in [0.4, 0.5) is 5.00 Å². The highest BCUT2D eigenvalue weighted by Gasteiger charge is 2.26. The summed E-state index contributed by atoms with van der Waals surface area (Å²) in [6.07, 6.45) is 3.15. The van der Waals surface area contributed by atoms with Gasteiger partial charge in [-0.1, -0.05) is 11.6 Å². The van der Waals surface area contributed by atoms with Crippen molar-refractivity contribution >= 4 is 33.7 Å². The summed E-state index contributed by atoms with van der Waals surface area (Å²) in [7, 11) is 0. The Morgan fingerprint density at radius 1 is 1.37 bits per heavy atom. The summed E-state index contributed by atoms with van der Waals surface area (Å²) in [4.78, 5) is 13.9. The molecule has 0 radical (unpaired) electrons. The van der Waals surface area contributed by atoms with Crippen LogP contribution in [0, 0.1) is 6.92 Å². The molecule has 1 aliphatic rings. The number of benzene rings is 1. The van der Waals surface area contributed by atoms with Crippen LogP contribution in [0.25, 0.3) is 0 Å². The van der Waals surface area contributed by atoms with Gasteiger partial charge in [0, 0.05) is 15.5 Å². The smallest absolute Gasteiger partial charge is 0.196 e. The molecular formula is C15H14ClNOS. The number of aryl methyl sites for hydroxylation is 2. The molecule has 1 aromatic carbocycles. The summed E-state index contributed by atoms with van der Waals surface area (Å²) in [5.74, 6) is 0.0247. The minimum Gasteiger partial charge on any atom is -0.390 e. The summed E-state index contributed by atoms with van der Waals surface area (Å²) < 4.78 is 0. The molecule has 1 heterocycles. The van der Waals surface area contributed by atoms with E-state index in [1.807, 2.05) is 13.0 Å². The van der Waals surface area contributed by atoms with Crippen molar-refractivity contribution in [1.82, 2.24) is 0 Å².